The fourth-order valence-electron chi connectivity index (χ4n) is 2.44. The number of amidine groups is 1. The predicted octanol–water partition coefficient (Wildman–Crippen LogP) is 1.99. The number of hydrogen-bond acceptors (Lipinski definition) is 9. The van der Waals surface area contributed by atoms with Crippen LogP contribution in [0.3, 0.4) is 0 Å². The molecule has 158 valence electrons. The Morgan fingerprint density at radius 2 is 1.30 bits per heavy atom. The van der Waals surface area contributed by atoms with Crippen molar-refractivity contribution >= 4 is 48.4 Å². The molecule has 0 spiro atoms. The lowest BCUT2D eigenvalue weighted by molar-refractivity contribution is -0.385. The third-order valence-corrected chi connectivity index (χ3v) is 8.19. The highest BCUT2D eigenvalue weighted by Gasteiger charge is 2.34. The normalized spacial score (nSPS) is 16.0. The molecule has 0 bridgehead atoms. The van der Waals surface area contributed by atoms with Gasteiger partial charge in [-0.3, -0.25) is 20.2 Å². The number of nitro groups is 2. The first kappa shape index (κ1) is 21.7. The molecular formula is C15H12N4O8S3. The van der Waals surface area contributed by atoms with Gasteiger partial charge in [0, 0.05) is 36.6 Å². The monoisotopic (exact) mass is 472 g/mol. The van der Waals surface area contributed by atoms with Crippen LogP contribution in [0, 0.1) is 20.2 Å². The van der Waals surface area contributed by atoms with Crippen molar-refractivity contribution in [2.45, 2.75) is 9.79 Å². The van der Waals surface area contributed by atoms with Gasteiger partial charge in [0.15, 0.2) is 5.17 Å². The summed E-state index contributed by atoms with van der Waals surface area (Å²) in [6.45, 7) is -0.0431. The molecule has 2 aromatic rings. The lowest BCUT2D eigenvalue weighted by atomic mass is 10.3. The zero-order chi connectivity index (χ0) is 22.1. The number of benzene rings is 2. The van der Waals surface area contributed by atoms with Gasteiger partial charge in [-0.25, -0.2) is 12.7 Å². The Morgan fingerprint density at radius 1 is 0.833 bits per heavy atom. The largest absolute Gasteiger partial charge is 0.284 e. The second-order valence-corrected chi connectivity index (χ2v) is 10.3. The van der Waals surface area contributed by atoms with Crippen LogP contribution in [0.25, 0.3) is 0 Å². The molecule has 12 nitrogen and oxygen atoms in total. The van der Waals surface area contributed by atoms with Crippen molar-refractivity contribution in [3.8, 4) is 0 Å². The van der Waals surface area contributed by atoms with Crippen LogP contribution in [0.2, 0.25) is 0 Å². The SMILES string of the molecule is O=[N+]([O-])c1ccc(S(=O)(=O)/N=C2\SCCN2S(=O)(=O)c2ccc([N+](=O)[O-])cc2)cc1. The van der Waals surface area contributed by atoms with Crippen molar-refractivity contribution in [2.24, 2.45) is 4.40 Å². The average Bonchev–Trinajstić information content (AvgIpc) is 3.16. The third kappa shape index (κ3) is 4.27. The van der Waals surface area contributed by atoms with Crippen molar-refractivity contribution in [3.63, 3.8) is 0 Å². The molecule has 0 amide bonds. The van der Waals surface area contributed by atoms with E-state index in [1.807, 2.05) is 0 Å². The summed E-state index contributed by atoms with van der Waals surface area (Å²) in [5.41, 5.74) is -0.599. The van der Waals surface area contributed by atoms with E-state index in [0.717, 1.165) is 64.6 Å². The Morgan fingerprint density at radius 3 is 1.77 bits per heavy atom. The first-order valence-corrected chi connectivity index (χ1v) is 11.9. The van der Waals surface area contributed by atoms with E-state index in [-0.39, 0.29) is 38.6 Å². The van der Waals surface area contributed by atoms with E-state index in [4.69, 9.17) is 0 Å². The van der Waals surface area contributed by atoms with Gasteiger partial charge in [0.25, 0.3) is 31.4 Å². The number of nitrogens with zero attached hydrogens (tertiary/aromatic N) is 4. The summed E-state index contributed by atoms with van der Waals surface area (Å²) in [7, 11) is -8.53. The van der Waals surface area contributed by atoms with E-state index in [9.17, 15) is 37.1 Å². The van der Waals surface area contributed by atoms with E-state index in [1.54, 1.807) is 0 Å². The van der Waals surface area contributed by atoms with Gasteiger partial charge in [-0.1, -0.05) is 11.8 Å². The van der Waals surface area contributed by atoms with Gasteiger partial charge in [0.1, 0.15) is 0 Å². The van der Waals surface area contributed by atoms with Crippen LogP contribution < -0.4 is 0 Å². The van der Waals surface area contributed by atoms with Gasteiger partial charge in [-0.15, -0.1) is 4.40 Å². The lowest BCUT2D eigenvalue weighted by Crippen LogP contribution is -2.32. The predicted molar refractivity (Wildman–Crippen MR) is 107 cm³/mol. The summed E-state index contributed by atoms with van der Waals surface area (Å²) in [6, 6.07) is 8.18. The number of nitro benzene ring substituents is 2. The highest BCUT2D eigenvalue weighted by molar-refractivity contribution is 8.16. The zero-order valence-corrected chi connectivity index (χ0v) is 17.3. The van der Waals surface area contributed by atoms with Crippen LogP contribution in [0.1, 0.15) is 0 Å². The minimum absolute atomic E-state index is 0.0431. The molecule has 0 aromatic heterocycles. The van der Waals surface area contributed by atoms with E-state index < -0.39 is 29.9 Å². The van der Waals surface area contributed by atoms with Crippen LogP contribution in [0.15, 0.2) is 62.7 Å². The number of sulfonamides is 2. The van der Waals surface area contributed by atoms with E-state index in [1.165, 1.54) is 0 Å². The molecule has 1 aliphatic rings. The highest BCUT2D eigenvalue weighted by Crippen LogP contribution is 2.29. The molecule has 0 atom stereocenters. The van der Waals surface area contributed by atoms with Crippen LogP contribution in [0.5, 0.6) is 0 Å². The van der Waals surface area contributed by atoms with Crippen molar-refractivity contribution in [2.75, 3.05) is 12.3 Å². The minimum atomic E-state index is -4.33. The van der Waals surface area contributed by atoms with Crippen molar-refractivity contribution in [1.29, 1.82) is 0 Å². The molecule has 0 unspecified atom stereocenters. The average molecular weight is 472 g/mol. The van der Waals surface area contributed by atoms with Crippen molar-refractivity contribution in [3.05, 3.63) is 68.8 Å². The van der Waals surface area contributed by atoms with Crippen LogP contribution >= 0.6 is 11.8 Å². The van der Waals surface area contributed by atoms with Gasteiger partial charge in [0.2, 0.25) is 0 Å². The summed E-state index contributed by atoms with van der Waals surface area (Å²) >= 11 is 0.911. The molecule has 1 heterocycles. The topological polar surface area (TPSA) is 170 Å². The molecule has 30 heavy (non-hydrogen) atoms. The Labute approximate surface area is 174 Å². The molecule has 0 radical (unpaired) electrons. The quantitative estimate of drug-likeness (QED) is 0.450. The van der Waals surface area contributed by atoms with E-state index in [0.29, 0.717) is 0 Å². The molecule has 0 aliphatic carbocycles. The molecule has 2 aromatic carbocycles. The highest BCUT2D eigenvalue weighted by atomic mass is 32.2. The van der Waals surface area contributed by atoms with Gasteiger partial charge in [-0.05, 0) is 24.3 Å². The number of hydrogen-bond donors (Lipinski definition) is 0. The van der Waals surface area contributed by atoms with Crippen molar-refractivity contribution in [1.82, 2.24) is 4.31 Å². The van der Waals surface area contributed by atoms with Crippen LogP contribution in [0.4, 0.5) is 11.4 Å². The Kier molecular flexibility index (Phi) is 5.78. The first-order chi connectivity index (χ1) is 14.0. The smallest absolute Gasteiger partial charge is 0.258 e. The van der Waals surface area contributed by atoms with E-state index >= 15 is 0 Å². The van der Waals surface area contributed by atoms with Crippen molar-refractivity contribution < 1.29 is 26.7 Å². The maximum Gasteiger partial charge on any atom is 0.284 e. The molecule has 0 N–H and O–H groups in total. The zero-order valence-electron chi connectivity index (χ0n) is 14.8. The summed E-state index contributed by atoms with van der Waals surface area (Å²) in [5.74, 6) is 0.251. The molecule has 3 rings (SSSR count). The molecule has 15 heteroatoms. The van der Waals surface area contributed by atoms with Gasteiger partial charge >= 0.3 is 0 Å². The maximum absolute atomic E-state index is 12.9. The molecule has 0 saturated carbocycles. The number of thioether (sulfide) groups is 1. The fraction of sp³-hybridized carbons (Fsp3) is 0.133. The maximum atomic E-state index is 12.9. The fourth-order valence-corrected chi connectivity index (χ4v) is 6.46. The summed E-state index contributed by atoms with van der Waals surface area (Å²) in [6.07, 6.45) is 0. The van der Waals surface area contributed by atoms with Gasteiger partial charge in [0.05, 0.1) is 19.6 Å². The molecule has 1 saturated heterocycles. The van der Waals surface area contributed by atoms with Gasteiger partial charge < -0.3 is 0 Å². The molecule has 1 fully saturated rings. The number of rotatable bonds is 6. The van der Waals surface area contributed by atoms with E-state index in [2.05, 4.69) is 4.40 Å². The Bertz CT molecular complexity index is 1240. The van der Waals surface area contributed by atoms with Gasteiger partial charge in [-0.2, -0.15) is 8.42 Å². The molecule has 1 aliphatic heterocycles. The second kappa shape index (κ2) is 8.00. The number of non-ortho nitro benzene ring substituents is 2. The minimum Gasteiger partial charge on any atom is -0.258 e. The Balaban J connectivity index is 1.94. The molecular weight excluding hydrogens is 460 g/mol. The standard InChI is InChI=1S/C15H12N4O8S3/c20-18(21)11-1-5-13(6-2-11)29(24,25)16-15-17(9-10-28-15)30(26,27)14-7-3-12(4-8-14)19(22)23/h1-8H,9-10H2/b16-15-. The van der Waals surface area contributed by atoms with Crippen LogP contribution in [-0.4, -0.2) is 48.5 Å². The summed E-state index contributed by atoms with van der Waals surface area (Å²) in [5, 5.41) is 21.2. The summed E-state index contributed by atoms with van der Waals surface area (Å²) < 4.78 is 55.2. The second-order valence-electron chi connectivity index (χ2n) is 5.78. The Hall–Kier alpha value is -3.04. The summed E-state index contributed by atoms with van der Waals surface area (Å²) in [4.78, 5) is 19.5. The lowest BCUT2D eigenvalue weighted by Gasteiger charge is -2.17. The first-order valence-electron chi connectivity index (χ1n) is 8.02. The van der Waals surface area contributed by atoms with Crippen LogP contribution in [-0.2, 0) is 20.0 Å². The third-order valence-electron chi connectivity index (χ3n) is 3.92.